The number of nitriles is 1. The van der Waals surface area contributed by atoms with Gasteiger partial charge in [0.2, 0.25) is 0 Å². The first-order valence-electron chi connectivity index (χ1n) is 9.94. The van der Waals surface area contributed by atoms with Gasteiger partial charge in [-0.1, -0.05) is 32.9 Å². The second kappa shape index (κ2) is 8.57. The Balaban J connectivity index is 1.79. The molecule has 1 heterocycles. The summed E-state index contributed by atoms with van der Waals surface area (Å²) in [5.41, 5.74) is 7.58. The Morgan fingerprint density at radius 3 is 2.39 bits per heavy atom. The van der Waals surface area contributed by atoms with Crippen LogP contribution < -0.4 is 5.43 Å². The molecule has 0 unspecified atom stereocenters. The zero-order valence-electron chi connectivity index (χ0n) is 18.3. The Morgan fingerprint density at radius 2 is 1.81 bits per heavy atom. The van der Waals surface area contributed by atoms with E-state index in [1.165, 1.54) is 17.7 Å². The predicted octanol–water partition coefficient (Wildman–Crippen LogP) is 5.17. The van der Waals surface area contributed by atoms with Gasteiger partial charge in [-0.2, -0.15) is 10.4 Å². The van der Waals surface area contributed by atoms with Gasteiger partial charge < -0.3 is 4.57 Å². The van der Waals surface area contributed by atoms with Gasteiger partial charge in [0.25, 0.3) is 5.91 Å². The van der Waals surface area contributed by atoms with E-state index >= 15 is 0 Å². The van der Waals surface area contributed by atoms with Crippen LogP contribution in [0.2, 0.25) is 0 Å². The summed E-state index contributed by atoms with van der Waals surface area (Å²) < 4.78 is 16.1. The van der Waals surface area contributed by atoms with E-state index in [1.807, 2.05) is 26.0 Å². The van der Waals surface area contributed by atoms with Crippen molar-refractivity contribution in [2.45, 2.75) is 40.0 Å². The molecule has 31 heavy (non-hydrogen) atoms. The van der Waals surface area contributed by atoms with Crippen LogP contribution in [0.3, 0.4) is 0 Å². The standard InChI is InChI=1S/C25H25FN4O/c1-16-12-19(15-28-29-24(31)22-11-6-18(14-27)13-23(22)26)17(2)30(16)21-9-7-20(8-10-21)25(3,4)5/h6-13,15H,1-5H3,(H,29,31)/b28-15+. The quantitative estimate of drug-likeness (QED) is 0.471. The maximum Gasteiger partial charge on any atom is 0.274 e. The van der Waals surface area contributed by atoms with Crippen molar-refractivity contribution in [3.63, 3.8) is 0 Å². The number of hydrogen-bond acceptors (Lipinski definition) is 3. The smallest absolute Gasteiger partial charge is 0.274 e. The highest BCUT2D eigenvalue weighted by Gasteiger charge is 2.15. The Labute approximate surface area is 181 Å². The van der Waals surface area contributed by atoms with Gasteiger partial charge >= 0.3 is 0 Å². The van der Waals surface area contributed by atoms with E-state index in [1.54, 1.807) is 6.21 Å². The molecule has 0 radical (unpaired) electrons. The third-order valence-electron chi connectivity index (χ3n) is 5.17. The molecule has 158 valence electrons. The monoisotopic (exact) mass is 416 g/mol. The van der Waals surface area contributed by atoms with Gasteiger partial charge in [0, 0.05) is 22.6 Å². The van der Waals surface area contributed by atoms with E-state index in [0.717, 1.165) is 28.7 Å². The molecule has 0 aliphatic rings. The van der Waals surface area contributed by atoms with Crippen LogP contribution in [0, 0.1) is 31.0 Å². The average Bonchev–Trinajstić information content (AvgIpc) is 3.00. The summed E-state index contributed by atoms with van der Waals surface area (Å²) >= 11 is 0. The summed E-state index contributed by atoms with van der Waals surface area (Å²) in [4.78, 5) is 12.2. The lowest BCUT2D eigenvalue weighted by Gasteiger charge is -2.20. The van der Waals surface area contributed by atoms with E-state index in [4.69, 9.17) is 5.26 Å². The minimum absolute atomic E-state index is 0.0870. The van der Waals surface area contributed by atoms with Crippen molar-refractivity contribution in [3.8, 4) is 11.8 Å². The van der Waals surface area contributed by atoms with Crippen molar-refractivity contribution < 1.29 is 9.18 Å². The van der Waals surface area contributed by atoms with Crippen LogP contribution in [0.4, 0.5) is 4.39 Å². The van der Waals surface area contributed by atoms with E-state index < -0.39 is 11.7 Å². The minimum Gasteiger partial charge on any atom is -0.318 e. The van der Waals surface area contributed by atoms with E-state index in [-0.39, 0.29) is 16.5 Å². The SMILES string of the molecule is Cc1cc(/C=N/NC(=O)c2ccc(C#N)cc2F)c(C)n1-c1ccc(C(C)(C)C)cc1. The highest BCUT2D eigenvalue weighted by atomic mass is 19.1. The first kappa shape index (κ1) is 22.0. The molecule has 0 saturated heterocycles. The van der Waals surface area contributed by atoms with Crippen LogP contribution in [0.25, 0.3) is 5.69 Å². The van der Waals surface area contributed by atoms with Crippen molar-refractivity contribution >= 4 is 12.1 Å². The molecule has 1 amide bonds. The first-order valence-corrected chi connectivity index (χ1v) is 9.94. The van der Waals surface area contributed by atoms with Crippen LogP contribution in [0.1, 0.15) is 59.2 Å². The number of hydrogen-bond donors (Lipinski definition) is 1. The highest BCUT2D eigenvalue weighted by Crippen LogP contribution is 2.25. The summed E-state index contributed by atoms with van der Waals surface area (Å²) in [5, 5.41) is 12.8. The summed E-state index contributed by atoms with van der Waals surface area (Å²) in [7, 11) is 0. The van der Waals surface area contributed by atoms with Crippen molar-refractivity contribution in [1.29, 1.82) is 5.26 Å². The summed E-state index contributed by atoms with van der Waals surface area (Å²) in [6, 6.07) is 15.9. The molecule has 3 aromatic rings. The van der Waals surface area contributed by atoms with Crippen LogP contribution in [0.5, 0.6) is 0 Å². The van der Waals surface area contributed by atoms with E-state index in [0.29, 0.717) is 0 Å². The molecule has 0 bridgehead atoms. The molecular weight excluding hydrogens is 391 g/mol. The van der Waals surface area contributed by atoms with Gasteiger partial charge in [0.15, 0.2) is 0 Å². The van der Waals surface area contributed by atoms with Gasteiger partial charge in [-0.15, -0.1) is 0 Å². The third kappa shape index (κ3) is 4.72. The number of benzene rings is 2. The van der Waals surface area contributed by atoms with Gasteiger partial charge in [-0.05, 0) is 61.2 Å². The van der Waals surface area contributed by atoms with E-state index in [2.05, 4.69) is 60.1 Å². The summed E-state index contributed by atoms with van der Waals surface area (Å²) in [5.74, 6) is -1.44. The zero-order chi connectivity index (χ0) is 22.8. The van der Waals surface area contributed by atoms with Crippen molar-refractivity contribution in [1.82, 2.24) is 9.99 Å². The molecule has 0 atom stereocenters. The number of carbonyl (C=O) groups excluding carboxylic acids is 1. The van der Waals surface area contributed by atoms with Crippen molar-refractivity contribution in [3.05, 3.63) is 88.0 Å². The maximum atomic E-state index is 14.0. The van der Waals surface area contributed by atoms with Crippen LogP contribution in [-0.4, -0.2) is 16.7 Å². The van der Waals surface area contributed by atoms with Crippen LogP contribution in [0.15, 0.2) is 53.6 Å². The highest BCUT2D eigenvalue weighted by molar-refractivity contribution is 5.95. The molecule has 1 aromatic heterocycles. The second-order valence-corrected chi connectivity index (χ2v) is 8.46. The normalized spacial score (nSPS) is 11.5. The predicted molar refractivity (Wildman–Crippen MR) is 120 cm³/mol. The maximum absolute atomic E-state index is 14.0. The molecule has 5 nitrogen and oxygen atoms in total. The number of hydrazone groups is 1. The summed E-state index contributed by atoms with van der Waals surface area (Å²) in [6.45, 7) is 10.5. The zero-order valence-corrected chi connectivity index (χ0v) is 18.3. The lowest BCUT2D eigenvalue weighted by Crippen LogP contribution is -2.19. The fraction of sp³-hybridized carbons (Fsp3) is 0.240. The average molecular weight is 417 g/mol. The number of nitrogens with one attached hydrogen (secondary N) is 1. The molecule has 3 rings (SSSR count). The molecule has 6 heteroatoms. The number of amides is 1. The fourth-order valence-electron chi connectivity index (χ4n) is 3.42. The lowest BCUT2D eigenvalue weighted by atomic mass is 9.87. The molecule has 0 spiro atoms. The van der Waals surface area contributed by atoms with Gasteiger partial charge in [0.05, 0.1) is 23.4 Å². The molecule has 2 aromatic carbocycles. The Morgan fingerprint density at radius 1 is 1.13 bits per heavy atom. The summed E-state index contributed by atoms with van der Waals surface area (Å²) in [6.07, 6.45) is 1.54. The Hall–Kier alpha value is -3.72. The molecule has 0 fully saturated rings. The number of rotatable bonds is 4. The number of carbonyl (C=O) groups is 1. The molecular formula is C25H25FN4O. The van der Waals surface area contributed by atoms with E-state index in [9.17, 15) is 9.18 Å². The molecule has 0 aliphatic heterocycles. The molecule has 0 aliphatic carbocycles. The lowest BCUT2D eigenvalue weighted by molar-refractivity contribution is 0.0951. The number of aryl methyl sites for hydroxylation is 1. The number of aromatic nitrogens is 1. The number of nitrogens with zero attached hydrogens (tertiary/aromatic N) is 3. The van der Waals surface area contributed by atoms with Crippen molar-refractivity contribution in [2.24, 2.45) is 5.10 Å². The van der Waals surface area contributed by atoms with Gasteiger partial charge in [-0.25, -0.2) is 9.82 Å². The Kier molecular flexibility index (Phi) is 6.07. The largest absolute Gasteiger partial charge is 0.318 e. The van der Waals surface area contributed by atoms with Gasteiger partial charge in [0.1, 0.15) is 5.82 Å². The number of halogens is 1. The minimum atomic E-state index is -0.761. The first-order chi connectivity index (χ1) is 14.6. The fourth-order valence-corrected chi connectivity index (χ4v) is 3.42. The third-order valence-corrected chi connectivity index (χ3v) is 5.17. The van der Waals surface area contributed by atoms with Crippen LogP contribution >= 0.6 is 0 Å². The van der Waals surface area contributed by atoms with Crippen LogP contribution in [-0.2, 0) is 5.41 Å². The van der Waals surface area contributed by atoms with Crippen molar-refractivity contribution in [2.75, 3.05) is 0 Å². The second-order valence-electron chi connectivity index (χ2n) is 8.46. The topological polar surface area (TPSA) is 70.2 Å². The Bertz CT molecular complexity index is 1190. The van der Waals surface area contributed by atoms with Gasteiger partial charge in [-0.3, -0.25) is 4.79 Å². The molecule has 1 N–H and O–H groups in total. The molecule has 0 saturated carbocycles.